The molecule has 0 unspecified atom stereocenters. The van der Waals surface area contributed by atoms with Crippen molar-refractivity contribution >= 4 is 23.5 Å². The fourth-order valence-corrected chi connectivity index (χ4v) is 2.89. The van der Waals surface area contributed by atoms with Gasteiger partial charge in [0, 0.05) is 29.1 Å². The van der Waals surface area contributed by atoms with Gasteiger partial charge < -0.3 is 14.8 Å². The number of benzene rings is 2. The Morgan fingerprint density at radius 1 is 1.17 bits per heavy atom. The van der Waals surface area contributed by atoms with Crippen LogP contribution in [0.3, 0.4) is 0 Å². The van der Waals surface area contributed by atoms with Crippen LogP contribution in [0.4, 0.5) is 5.69 Å². The molecular formula is C23H18N2O4. The van der Waals surface area contributed by atoms with Crippen molar-refractivity contribution in [1.82, 2.24) is 4.98 Å². The highest BCUT2D eigenvalue weighted by Gasteiger charge is 2.17. The number of hydrogen-bond donors (Lipinski definition) is 1. The largest absolute Gasteiger partial charge is 0.488 e. The minimum absolute atomic E-state index is 0.0178. The van der Waals surface area contributed by atoms with Gasteiger partial charge >= 0.3 is 0 Å². The summed E-state index contributed by atoms with van der Waals surface area (Å²) in [6, 6.07) is 16.3. The average Bonchev–Trinajstić information content (AvgIpc) is 2.76. The van der Waals surface area contributed by atoms with Crippen LogP contribution >= 0.6 is 0 Å². The molecule has 1 N–H and O–H groups in total. The fourth-order valence-electron chi connectivity index (χ4n) is 2.89. The zero-order chi connectivity index (χ0) is 20.1. The molecule has 0 fully saturated rings. The molecule has 4 rings (SSSR count). The van der Waals surface area contributed by atoms with Crippen molar-refractivity contribution < 1.29 is 19.1 Å². The van der Waals surface area contributed by atoms with E-state index in [-0.39, 0.29) is 18.3 Å². The predicted octanol–water partition coefficient (Wildman–Crippen LogP) is 3.89. The maximum Gasteiger partial charge on any atom is 0.262 e. The van der Waals surface area contributed by atoms with E-state index >= 15 is 0 Å². The number of nitrogens with zero attached hydrogens (tertiary/aromatic N) is 1. The summed E-state index contributed by atoms with van der Waals surface area (Å²) < 4.78 is 11.2. The Morgan fingerprint density at radius 3 is 2.93 bits per heavy atom. The quantitative estimate of drug-likeness (QED) is 0.514. The van der Waals surface area contributed by atoms with Crippen LogP contribution in [0.2, 0.25) is 0 Å². The molecule has 0 aliphatic carbocycles. The molecule has 1 amide bonds. The van der Waals surface area contributed by atoms with E-state index in [9.17, 15) is 9.59 Å². The molecule has 2 aromatic carbocycles. The number of nitrogens with one attached hydrogen (secondary N) is 1. The molecule has 2 heterocycles. The molecule has 0 atom stereocenters. The standard InChI is InChI=1S/C23H18N2O4/c26-20(18-8-10-22-19(12-18)25-23(27)15-29-22)9-7-17-5-1-2-6-21(17)28-14-16-4-3-11-24-13-16/h1-13H,14-15H2,(H,25,27)/b9-7-. The van der Waals surface area contributed by atoms with Crippen molar-refractivity contribution in [2.75, 3.05) is 11.9 Å². The lowest BCUT2D eigenvalue weighted by Gasteiger charge is -2.18. The number of ketones is 1. The van der Waals surface area contributed by atoms with E-state index in [1.807, 2.05) is 36.4 Å². The monoisotopic (exact) mass is 386 g/mol. The number of carbonyl (C=O) groups is 2. The second-order valence-electron chi connectivity index (χ2n) is 6.43. The van der Waals surface area contributed by atoms with E-state index in [2.05, 4.69) is 10.3 Å². The maximum absolute atomic E-state index is 12.6. The molecule has 1 aliphatic rings. The van der Waals surface area contributed by atoms with E-state index in [4.69, 9.17) is 9.47 Å². The molecule has 6 heteroatoms. The number of rotatable bonds is 6. The van der Waals surface area contributed by atoms with E-state index in [0.717, 1.165) is 11.1 Å². The molecule has 3 aromatic rings. The van der Waals surface area contributed by atoms with Crippen molar-refractivity contribution in [3.63, 3.8) is 0 Å². The SMILES string of the molecule is O=C1COc2ccc(C(=O)/C=C\c3ccccc3OCc3cccnc3)cc2N1. The van der Waals surface area contributed by atoms with Gasteiger partial charge in [-0.05, 0) is 42.5 Å². The molecule has 0 bridgehead atoms. The van der Waals surface area contributed by atoms with Crippen molar-refractivity contribution in [3.8, 4) is 11.5 Å². The Hall–Kier alpha value is -3.93. The van der Waals surface area contributed by atoms with Crippen LogP contribution in [0, 0.1) is 0 Å². The van der Waals surface area contributed by atoms with Crippen molar-refractivity contribution in [3.05, 3.63) is 89.8 Å². The average molecular weight is 386 g/mol. The van der Waals surface area contributed by atoms with Crippen molar-refractivity contribution in [2.24, 2.45) is 0 Å². The molecule has 144 valence electrons. The van der Waals surface area contributed by atoms with Crippen molar-refractivity contribution in [2.45, 2.75) is 6.61 Å². The van der Waals surface area contributed by atoms with E-state index in [0.29, 0.717) is 29.4 Å². The summed E-state index contributed by atoms with van der Waals surface area (Å²) in [5.74, 6) is 0.804. The molecule has 6 nitrogen and oxygen atoms in total. The van der Waals surface area contributed by atoms with Crippen LogP contribution in [0.15, 0.2) is 73.1 Å². The van der Waals surface area contributed by atoms with Gasteiger partial charge in [0.05, 0.1) is 5.69 Å². The van der Waals surface area contributed by atoms with Crippen LogP contribution in [0.1, 0.15) is 21.5 Å². The third-order valence-electron chi connectivity index (χ3n) is 4.35. The summed E-state index contributed by atoms with van der Waals surface area (Å²) in [7, 11) is 0. The van der Waals surface area contributed by atoms with Gasteiger partial charge in [-0.25, -0.2) is 0 Å². The summed E-state index contributed by atoms with van der Waals surface area (Å²) >= 11 is 0. The molecule has 0 saturated carbocycles. The molecular weight excluding hydrogens is 368 g/mol. The maximum atomic E-state index is 12.6. The number of hydrogen-bond acceptors (Lipinski definition) is 5. The minimum Gasteiger partial charge on any atom is -0.488 e. The molecule has 0 radical (unpaired) electrons. The number of amides is 1. The van der Waals surface area contributed by atoms with E-state index in [1.54, 1.807) is 36.7 Å². The summed E-state index contributed by atoms with van der Waals surface area (Å²) in [6.07, 6.45) is 6.67. The number of anilines is 1. The van der Waals surface area contributed by atoms with Gasteiger partial charge in [-0.1, -0.05) is 24.3 Å². The number of para-hydroxylation sites is 1. The first-order valence-corrected chi connectivity index (χ1v) is 9.09. The lowest BCUT2D eigenvalue weighted by Crippen LogP contribution is -2.25. The first-order valence-electron chi connectivity index (χ1n) is 9.09. The first kappa shape index (κ1) is 18.4. The van der Waals surface area contributed by atoms with Crippen LogP contribution in [0.5, 0.6) is 11.5 Å². The third-order valence-corrected chi connectivity index (χ3v) is 4.35. The Balaban J connectivity index is 1.48. The second kappa shape index (κ2) is 8.39. The molecule has 0 spiro atoms. The smallest absolute Gasteiger partial charge is 0.262 e. The lowest BCUT2D eigenvalue weighted by molar-refractivity contribution is -0.118. The van der Waals surface area contributed by atoms with Crippen molar-refractivity contribution in [1.29, 1.82) is 0 Å². The summed E-state index contributed by atoms with van der Waals surface area (Å²) in [4.78, 5) is 28.1. The Kier molecular flexibility index (Phi) is 5.33. The number of fused-ring (bicyclic) bond motifs is 1. The summed E-state index contributed by atoms with van der Waals surface area (Å²) in [5, 5.41) is 2.70. The third kappa shape index (κ3) is 4.50. The molecule has 1 aromatic heterocycles. The lowest BCUT2D eigenvalue weighted by atomic mass is 10.1. The highest BCUT2D eigenvalue weighted by atomic mass is 16.5. The highest BCUT2D eigenvalue weighted by Crippen LogP contribution is 2.29. The Morgan fingerprint density at radius 2 is 2.07 bits per heavy atom. The Labute approximate surface area is 167 Å². The van der Waals surface area contributed by atoms with Gasteiger partial charge in [0.1, 0.15) is 18.1 Å². The van der Waals surface area contributed by atoms with Gasteiger partial charge in [-0.15, -0.1) is 0 Å². The molecule has 0 saturated heterocycles. The second-order valence-corrected chi connectivity index (χ2v) is 6.43. The van der Waals surface area contributed by atoms with Crippen LogP contribution in [0.25, 0.3) is 6.08 Å². The van der Waals surface area contributed by atoms with Gasteiger partial charge in [-0.3, -0.25) is 14.6 Å². The van der Waals surface area contributed by atoms with Crippen LogP contribution < -0.4 is 14.8 Å². The number of ether oxygens (including phenoxy) is 2. The zero-order valence-electron chi connectivity index (χ0n) is 15.5. The first-order chi connectivity index (χ1) is 14.2. The predicted molar refractivity (Wildman–Crippen MR) is 109 cm³/mol. The number of pyridine rings is 1. The fraction of sp³-hybridized carbons (Fsp3) is 0.0870. The summed E-state index contributed by atoms with van der Waals surface area (Å²) in [5.41, 5.74) is 2.71. The number of aromatic nitrogens is 1. The van der Waals surface area contributed by atoms with Gasteiger partial charge in [0.2, 0.25) is 0 Å². The van der Waals surface area contributed by atoms with E-state index in [1.165, 1.54) is 6.08 Å². The molecule has 1 aliphatic heterocycles. The zero-order valence-corrected chi connectivity index (χ0v) is 15.5. The normalized spacial score (nSPS) is 12.8. The van der Waals surface area contributed by atoms with Crippen LogP contribution in [-0.2, 0) is 11.4 Å². The van der Waals surface area contributed by atoms with Crippen LogP contribution in [-0.4, -0.2) is 23.3 Å². The molecule has 29 heavy (non-hydrogen) atoms. The summed E-state index contributed by atoms with van der Waals surface area (Å²) in [6.45, 7) is 0.368. The van der Waals surface area contributed by atoms with E-state index < -0.39 is 0 Å². The highest BCUT2D eigenvalue weighted by molar-refractivity contribution is 6.08. The van der Waals surface area contributed by atoms with Gasteiger partial charge in [0.25, 0.3) is 5.91 Å². The topological polar surface area (TPSA) is 77.5 Å². The number of allylic oxidation sites excluding steroid dienone is 1. The van der Waals surface area contributed by atoms with Gasteiger partial charge in [-0.2, -0.15) is 0 Å². The minimum atomic E-state index is -0.239. The van der Waals surface area contributed by atoms with Gasteiger partial charge in [0.15, 0.2) is 12.4 Å². The number of carbonyl (C=O) groups excluding carboxylic acids is 2. The Bertz CT molecular complexity index is 1080.